The Morgan fingerprint density at radius 1 is 0.905 bits per heavy atom. The zero-order chi connectivity index (χ0) is 15.7. The van der Waals surface area contributed by atoms with Crippen molar-refractivity contribution in [3.8, 4) is 11.6 Å². The number of halogens is 6. The minimum Gasteiger partial charge on any atom is -0.436 e. The van der Waals surface area contributed by atoms with E-state index in [0.717, 1.165) is 12.1 Å². The van der Waals surface area contributed by atoms with Crippen LogP contribution in [0.15, 0.2) is 30.3 Å². The topological polar surface area (TPSA) is 35.0 Å². The Morgan fingerprint density at radius 3 is 1.90 bits per heavy atom. The average Bonchev–Trinajstić information content (AvgIpc) is 2.37. The Bertz CT molecular complexity index is 592. The molecule has 0 N–H and O–H groups in total. The predicted octanol–water partition coefficient (Wildman–Crippen LogP) is 4.11. The number of ether oxygens (including phenoxy) is 1. The Hall–Kier alpha value is -2.32. The normalized spacial score (nSPS) is 12.3. The molecule has 0 aliphatic carbocycles. The second kappa shape index (κ2) is 5.23. The third kappa shape index (κ3) is 3.41. The van der Waals surface area contributed by atoms with Gasteiger partial charge in [0.05, 0.1) is 11.1 Å². The predicted molar refractivity (Wildman–Crippen MR) is 57.4 cm³/mol. The molecule has 2 rings (SSSR count). The number of hydrogen-bond donors (Lipinski definition) is 0. The fourth-order valence-electron chi connectivity index (χ4n) is 1.51. The Labute approximate surface area is 114 Å². The molecule has 0 aliphatic rings. The molecular formula is C12H5F6N2O. The largest absolute Gasteiger partial charge is 0.436 e. The van der Waals surface area contributed by atoms with E-state index >= 15 is 0 Å². The van der Waals surface area contributed by atoms with Crippen molar-refractivity contribution in [3.05, 3.63) is 47.7 Å². The van der Waals surface area contributed by atoms with Gasteiger partial charge < -0.3 is 4.74 Å². The molecule has 1 aromatic carbocycles. The van der Waals surface area contributed by atoms with Crippen molar-refractivity contribution in [3.63, 3.8) is 0 Å². The first-order valence-electron chi connectivity index (χ1n) is 5.34. The smallest absolute Gasteiger partial charge is 0.420 e. The molecule has 0 amide bonds. The minimum absolute atomic E-state index is 0.493. The molecule has 21 heavy (non-hydrogen) atoms. The summed E-state index contributed by atoms with van der Waals surface area (Å²) in [5.74, 6) is -1.87. The van der Waals surface area contributed by atoms with Crippen LogP contribution in [0.3, 0.4) is 0 Å². The van der Waals surface area contributed by atoms with E-state index in [1.165, 1.54) is 0 Å². The molecule has 0 unspecified atom stereocenters. The summed E-state index contributed by atoms with van der Waals surface area (Å²) in [5, 5.41) is 6.46. The maximum atomic E-state index is 12.8. The molecule has 1 aromatic heterocycles. The molecule has 2 aromatic rings. The lowest BCUT2D eigenvalue weighted by Crippen LogP contribution is -2.14. The first-order chi connectivity index (χ1) is 9.69. The van der Waals surface area contributed by atoms with Gasteiger partial charge in [-0.2, -0.15) is 26.3 Å². The van der Waals surface area contributed by atoms with Gasteiger partial charge in [-0.05, 0) is 18.2 Å². The first kappa shape index (κ1) is 15.1. The quantitative estimate of drug-likeness (QED) is 0.783. The molecule has 0 saturated carbocycles. The molecular weight excluding hydrogens is 302 g/mol. The first-order valence-corrected chi connectivity index (χ1v) is 5.34. The number of rotatable bonds is 2. The van der Waals surface area contributed by atoms with Crippen molar-refractivity contribution in [1.82, 2.24) is 10.2 Å². The van der Waals surface area contributed by atoms with Crippen LogP contribution in [0.4, 0.5) is 26.3 Å². The van der Waals surface area contributed by atoms with Crippen LogP contribution in [0.2, 0.25) is 0 Å². The molecule has 111 valence electrons. The van der Waals surface area contributed by atoms with Gasteiger partial charge in [0.1, 0.15) is 6.20 Å². The van der Waals surface area contributed by atoms with E-state index in [1.54, 1.807) is 0 Å². The van der Waals surface area contributed by atoms with Crippen LogP contribution in [0, 0.1) is 6.20 Å². The molecule has 1 radical (unpaired) electrons. The summed E-state index contributed by atoms with van der Waals surface area (Å²) in [5.41, 5.74) is -3.10. The number of nitrogens with zero attached hydrogens (tertiary/aromatic N) is 2. The Balaban J connectivity index is 2.59. The molecule has 0 saturated heterocycles. The highest BCUT2D eigenvalue weighted by molar-refractivity contribution is 5.46. The second-order valence-electron chi connectivity index (χ2n) is 3.78. The Kier molecular flexibility index (Phi) is 3.75. The summed E-state index contributed by atoms with van der Waals surface area (Å²) >= 11 is 0. The fourth-order valence-corrected chi connectivity index (χ4v) is 1.51. The van der Waals surface area contributed by atoms with E-state index in [2.05, 4.69) is 21.1 Å². The SMILES string of the molecule is FC(F)(F)c1cccc(C(F)(F)F)c1Oc1cc[c]nn1. The molecule has 0 aliphatic heterocycles. The fraction of sp³-hybridized carbons (Fsp3) is 0.167. The maximum Gasteiger partial charge on any atom is 0.420 e. The van der Waals surface area contributed by atoms with E-state index < -0.39 is 35.1 Å². The lowest BCUT2D eigenvalue weighted by molar-refractivity contribution is -0.145. The van der Waals surface area contributed by atoms with Crippen molar-refractivity contribution >= 4 is 0 Å². The van der Waals surface area contributed by atoms with Crippen molar-refractivity contribution in [1.29, 1.82) is 0 Å². The lowest BCUT2D eigenvalue weighted by atomic mass is 10.1. The molecule has 0 fully saturated rings. The van der Waals surface area contributed by atoms with Crippen LogP contribution in [0.5, 0.6) is 11.6 Å². The van der Waals surface area contributed by atoms with Crippen LogP contribution in [0.1, 0.15) is 11.1 Å². The van der Waals surface area contributed by atoms with Crippen LogP contribution in [-0.2, 0) is 12.4 Å². The highest BCUT2D eigenvalue weighted by atomic mass is 19.4. The van der Waals surface area contributed by atoms with E-state index in [-0.39, 0.29) is 0 Å². The lowest BCUT2D eigenvalue weighted by Gasteiger charge is -2.17. The summed E-state index contributed by atoms with van der Waals surface area (Å²) in [6, 6.07) is 3.83. The van der Waals surface area contributed by atoms with Gasteiger partial charge in [0.25, 0.3) is 0 Å². The number of benzene rings is 1. The minimum atomic E-state index is -5.01. The third-order valence-electron chi connectivity index (χ3n) is 2.34. The van der Waals surface area contributed by atoms with E-state index in [0.29, 0.717) is 18.2 Å². The highest BCUT2D eigenvalue weighted by Gasteiger charge is 2.42. The van der Waals surface area contributed by atoms with Gasteiger partial charge >= 0.3 is 12.4 Å². The molecule has 9 heteroatoms. The summed E-state index contributed by atoms with van der Waals surface area (Å²) in [6.07, 6.45) is -7.80. The van der Waals surface area contributed by atoms with Gasteiger partial charge in [0.15, 0.2) is 5.75 Å². The number of alkyl halides is 6. The van der Waals surface area contributed by atoms with Crippen LogP contribution >= 0.6 is 0 Å². The van der Waals surface area contributed by atoms with Gasteiger partial charge in [-0.15, -0.1) is 10.2 Å². The monoisotopic (exact) mass is 307 g/mol. The molecule has 0 atom stereocenters. The zero-order valence-corrected chi connectivity index (χ0v) is 9.96. The maximum absolute atomic E-state index is 12.8. The number of para-hydroxylation sites is 1. The van der Waals surface area contributed by atoms with Gasteiger partial charge in [0.2, 0.25) is 5.88 Å². The van der Waals surface area contributed by atoms with E-state index in [4.69, 9.17) is 0 Å². The second-order valence-corrected chi connectivity index (χ2v) is 3.78. The van der Waals surface area contributed by atoms with Crippen molar-refractivity contribution in [2.45, 2.75) is 12.4 Å². The molecule has 3 nitrogen and oxygen atoms in total. The summed E-state index contributed by atoms with van der Waals surface area (Å²) < 4.78 is 81.6. The van der Waals surface area contributed by atoms with Crippen LogP contribution in [0.25, 0.3) is 0 Å². The van der Waals surface area contributed by atoms with Crippen molar-refractivity contribution in [2.24, 2.45) is 0 Å². The third-order valence-corrected chi connectivity index (χ3v) is 2.34. The van der Waals surface area contributed by atoms with Crippen LogP contribution < -0.4 is 4.74 Å². The highest BCUT2D eigenvalue weighted by Crippen LogP contribution is 2.45. The summed E-state index contributed by atoms with van der Waals surface area (Å²) in [4.78, 5) is 0. The van der Waals surface area contributed by atoms with Gasteiger partial charge in [-0.25, -0.2) is 0 Å². The summed E-state index contributed by atoms with van der Waals surface area (Å²) in [7, 11) is 0. The number of aromatic nitrogens is 2. The van der Waals surface area contributed by atoms with Gasteiger partial charge in [0, 0.05) is 6.07 Å². The standard InChI is InChI=1S/C12H5F6N2O/c13-11(14,15)7-3-1-4-8(12(16,17)18)10(7)21-9-5-2-6-19-20-9/h1-5H. The molecule has 0 spiro atoms. The molecule has 1 heterocycles. The van der Waals surface area contributed by atoms with Crippen molar-refractivity contribution < 1.29 is 31.1 Å². The van der Waals surface area contributed by atoms with Crippen LogP contribution in [-0.4, -0.2) is 10.2 Å². The zero-order valence-electron chi connectivity index (χ0n) is 9.96. The van der Waals surface area contributed by atoms with Gasteiger partial charge in [-0.3, -0.25) is 0 Å². The van der Waals surface area contributed by atoms with E-state index in [9.17, 15) is 26.3 Å². The van der Waals surface area contributed by atoms with Crippen molar-refractivity contribution in [2.75, 3.05) is 0 Å². The molecule has 0 bridgehead atoms. The number of hydrogen-bond acceptors (Lipinski definition) is 3. The average molecular weight is 307 g/mol. The Morgan fingerprint density at radius 2 is 1.48 bits per heavy atom. The van der Waals surface area contributed by atoms with Gasteiger partial charge in [-0.1, -0.05) is 6.07 Å². The van der Waals surface area contributed by atoms with E-state index in [1.807, 2.05) is 0 Å². The summed E-state index contributed by atoms with van der Waals surface area (Å²) in [6.45, 7) is 0.